The van der Waals surface area contributed by atoms with Gasteiger partial charge in [0.2, 0.25) is 0 Å². The molecule has 0 aliphatic rings. The first-order valence-corrected chi connectivity index (χ1v) is 2.53. The monoisotopic (exact) mass is 156 g/mol. The molecule has 1 N–H and O–H groups in total. The summed E-state index contributed by atoms with van der Waals surface area (Å²) < 4.78 is 38.0. The van der Waals surface area contributed by atoms with Gasteiger partial charge in [-0.05, 0) is 0 Å². The Labute approximate surface area is 55.9 Å². The third-order valence-corrected chi connectivity index (χ3v) is 0.562. The minimum absolute atomic E-state index is 0.0390. The van der Waals surface area contributed by atoms with Crippen LogP contribution in [0.1, 0.15) is 0 Å². The molecule has 0 aromatic carbocycles. The van der Waals surface area contributed by atoms with Gasteiger partial charge in [0.25, 0.3) is 0 Å². The number of aliphatic hydroxyl groups is 1. The molecular weight excluding hydrogens is 149 g/mol. The van der Waals surface area contributed by atoms with Crippen LogP contribution in [-0.4, -0.2) is 24.5 Å². The summed E-state index contributed by atoms with van der Waals surface area (Å²) in [6.07, 6.45) is -3.87. The van der Waals surface area contributed by atoms with Gasteiger partial charge in [-0.2, -0.15) is 13.2 Å². The molecule has 60 valence electrons. The van der Waals surface area contributed by atoms with Gasteiger partial charge in [-0.15, -0.1) is 0 Å². The Morgan fingerprint density at radius 3 is 2.40 bits per heavy atom. The summed E-state index contributed by atoms with van der Waals surface area (Å²) in [6, 6.07) is 0. The molecule has 0 aromatic heterocycles. The molecule has 0 bridgehead atoms. The topological polar surface area (TPSA) is 29.5 Å². The predicted molar refractivity (Wildman–Crippen MR) is 28.2 cm³/mol. The summed E-state index contributed by atoms with van der Waals surface area (Å²) in [4.78, 5) is 0. The Morgan fingerprint density at radius 2 is 2.00 bits per heavy atom. The zero-order valence-corrected chi connectivity index (χ0v) is 5.06. The maximum absolute atomic E-state index is 11.3. The van der Waals surface area contributed by atoms with E-state index in [1.165, 1.54) is 0 Å². The summed E-state index contributed by atoms with van der Waals surface area (Å²) in [6.45, 7) is -0.408. The van der Waals surface area contributed by atoms with Crippen molar-refractivity contribution in [1.29, 1.82) is 0 Å². The van der Waals surface area contributed by atoms with Crippen LogP contribution in [0.5, 0.6) is 0 Å². The third-order valence-electron chi connectivity index (χ3n) is 0.562. The average Bonchev–Trinajstić information content (AvgIpc) is 1.78. The number of aliphatic hydroxyl groups excluding tert-OH is 1. The van der Waals surface area contributed by atoms with E-state index in [-0.39, 0.29) is 19.3 Å². The zero-order valence-electron chi connectivity index (χ0n) is 5.06. The second-order valence-electron chi connectivity index (χ2n) is 1.44. The molecular formula is C5H7F3O2. The smallest absolute Gasteiger partial charge is 0.412 e. The Bertz CT molecular complexity index is 108. The van der Waals surface area contributed by atoms with Crippen LogP contribution in [0.2, 0.25) is 0 Å². The summed E-state index contributed by atoms with van der Waals surface area (Å²) in [5.41, 5.74) is 0. The van der Waals surface area contributed by atoms with Crippen molar-refractivity contribution < 1.29 is 23.0 Å². The molecule has 0 aromatic rings. The molecule has 0 radical (unpaired) electrons. The van der Waals surface area contributed by atoms with E-state index in [9.17, 15) is 13.2 Å². The van der Waals surface area contributed by atoms with Crippen LogP contribution in [0.3, 0.4) is 0 Å². The van der Waals surface area contributed by atoms with Crippen molar-refractivity contribution in [2.45, 2.75) is 6.18 Å². The van der Waals surface area contributed by atoms with Gasteiger partial charge >= 0.3 is 6.18 Å². The second-order valence-corrected chi connectivity index (χ2v) is 1.44. The number of ether oxygens (including phenoxy) is 1. The van der Waals surface area contributed by atoms with E-state index in [4.69, 9.17) is 5.11 Å². The van der Waals surface area contributed by atoms with E-state index in [1.54, 1.807) is 0 Å². The van der Waals surface area contributed by atoms with E-state index in [0.717, 1.165) is 0 Å². The normalized spacial score (nSPS) is 12.4. The minimum atomic E-state index is -4.34. The number of allylic oxidation sites excluding steroid dienone is 1. The highest BCUT2D eigenvalue weighted by molar-refractivity contribution is 4.82. The van der Waals surface area contributed by atoms with Crippen LogP contribution in [0, 0.1) is 0 Å². The fraction of sp³-hybridized carbons (Fsp3) is 0.600. The van der Waals surface area contributed by atoms with Gasteiger partial charge in [0.15, 0.2) is 0 Å². The largest absolute Gasteiger partial charge is 0.499 e. The fourth-order valence-corrected chi connectivity index (χ4v) is 0.246. The van der Waals surface area contributed by atoms with Crippen molar-refractivity contribution in [3.63, 3.8) is 0 Å². The molecule has 5 heteroatoms. The second kappa shape index (κ2) is 4.16. The Hall–Kier alpha value is -0.710. The van der Waals surface area contributed by atoms with Gasteiger partial charge < -0.3 is 9.84 Å². The molecule has 0 spiro atoms. The quantitative estimate of drug-likeness (QED) is 0.489. The highest BCUT2D eigenvalue weighted by Gasteiger charge is 2.22. The lowest BCUT2D eigenvalue weighted by atomic mass is 10.6. The maximum atomic E-state index is 11.3. The van der Waals surface area contributed by atoms with Crippen LogP contribution in [0.25, 0.3) is 0 Å². The lowest BCUT2D eigenvalue weighted by Gasteiger charge is -1.98. The van der Waals surface area contributed by atoms with Crippen molar-refractivity contribution in [1.82, 2.24) is 0 Å². The first kappa shape index (κ1) is 9.29. The first-order chi connectivity index (χ1) is 4.56. The summed E-state index contributed by atoms with van der Waals surface area (Å²) in [7, 11) is 0. The summed E-state index contributed by atoms with van der Waals surface area (Å²) in [5.74, 6) is 0. The van der Waals surface area contributed by atoms with Gasteiger partial charge in [0, 0.05) is 0 Å². The van der Waals surface area contributed by atoms with Crippen molar-refractivity contribution in [3.8, 4) is 0 Å². The van der Waals surface area contributed by atoms with Crippen LogP contribution < -0.4 is 0 Å². The molecule has 0 saturated heterocycles. The average molecular weight is 156 g/mol. The number of alkyl halides is 3. The van der Waals surface area contributed by atoms with E-state index in [2.05, 4.69) is 4.74 Å². The standard InChI is InChI=1S/C5H7F3O2/c6-5(7,8)1-3-10-4-2-9/h1,3,9H,2,4H2/b3-1-. The molecule has 0 atom stereocenters. The molecule has 0 aliphatic carbocycles. The van der Waals surface area contributed by atoms with E-state index in [1.807, 2.05) is 0 Å². The molecule has 0 aliphatic heterocycles. The minimum Gasteiger partial charge on any atom is -0.499 e. The molecule has 0 saturated carbocycles. The lowest BCUT2D eigenvalue weighted by molar-refractivity contribution is -0.0817. The van der Waals surface area contributed by atoms with Crippen molar-refractivity contribution in [2.24, 2.45) is 0 Å². The molecule has 10 heavy (non-hydrogen) atoms. The van der Waals surface area contributed by atoms with Crippen LogP contribution >= 0.6 is 0 Å². The van der Waals surface area contributed by atoms with Gasteiger partial charge in [-0.3, -0.25) is 0 Å². The van der Waals surface area contributed by atoms with Crippen LogP contribution in [0.4, 0.5) is 13.2 Å². The molecule has 0 amide bonds. The van der Waals surface area contributed by atoms with E-state index >= 15 is 0 Å². The van der Waals surface area contributed by atoms with Crippen molar-refractivity contribution in [3.05, 3.63) is 12.3 Å². The highest BCUT2D eigenvalue weighted by Crippen LogP contribution is 2.15. The third kappa shape index (κ3) is 7.29. The molecule has 0 unspecified atom stereocenters. The molecule has 0 fully saturated rings. The SMILES string of the molecule is OCCO/C=C\C(F)(F)F. The van der Waals surface area contributed by atoms with Crippen LogP contribution in [-0.2, 0) is 4.74 Å². The van der Waals surface area contributed by atoms with Crippen LogP contribution in [0.15, 0.2) is 12.3 Å². The number of halogens is 3. The lowest BCUT2D eigenvalue weighted by Crippen LogP contribution is -2.02. The van der Waals surface area contributed by atoms with Crippen molar-refractivity contribution >= 4 is 0 Å². The number of hydrogen-bond donors (Lipinski definition) is 1. The Kier molecular flexibility index (Phi) is 3.87. The predicted octanol–water partition coefficient (Wildman–Crippen LogP) is 1.07. The first-order valence-electron chi connectivity index (χ1n) is 2.53. The maximum Gasteiger partial charge on any atom is 0.412 e. The molecule has 0 rings (SSSR count). The van der Waals surface area contributed by atoms with E-state index in [0.29, 0.717) is 6.26 Å². The van der Waals surface area contributed by atoms with E-state index < -0.39 is 6.18 Å². The Morgan fingerprint density at radius 1 is 1.40 bits per heavy atom. The number of hydrogen-bond acceptors (Lipinski definition) is 2. The fourth-order valence-electron chi connectivity index (χ4n) is 0.246. The van der Waals surface area contributed by atoms with Gasteiger partial charge in [0.1, 0.15) is 6.61 Å². The van der Waals surface area contributed by atoms with Gasteiger partial charge in [-0.1, -0.05) is 0 Å². The summed E-state index contributed by atoms with van der Waals surface area (Å²) >= 11 is 0. The Balaban J connectivity index is 3.37. The zero-order chi connectivity index (χ0) is 8.04. The molecule has 2 nitrogen and oxygen atoms in total. The summed E-state index contributed by atoms with van der Waals surface area (Å²) in [5, 5.41) is 8.06. The van der Waals surface area contributed by atoms with Gasteiger partial charge in [0.05, 0.1) is 18.9 Å². The van der Waals surface area contributed by atoms with Crippen molar-refractivity contribution in [2.75, 3.05) is 13.2 Å². The number of rotatable bonds is 3. The highest BCUT2D eigenvalue weighted by atomic mass is 19.4. The van der Waals surface area contributed by atoms with Gasteiger partial charge in [-0.25, -0.2) is 0 Å². The molecule has 0 heterocycles.